The normalized spacial score (nSPS) is 17.4. The molecule has 2 aliphatic carbocycles. The van der Waals surface area contributed by atoms with E-state index >= 15 is 0 Å². The van der Waals surface area contributed by atoms with Crippen molar-refractivity contribution in [1.29, 1.82) is 0 Å². The fourth-order valence-electron chi connectivity index (χ4n) is 9.71. The number of hydrogen-bond acceptors (Lipinski definition) is 11. The zero-order valence-corrected chi connectivity index (χ0v) is 38.4. The smallest absolute Gasteiger partial charge is 0.410 e. The summed E-state index contributed by atoms with van der Waals surface area (Å²) in [6, 6.07) is 27.7. The number of amides is 1. The van der Waals surface area contributed by atoms with E-state index in [2.05, 4.69) is 79.9 Å². The van der Waals surface area contributed by atoms with E-state index in [-0.39, 0.29) is 29.5 Å². The summed E-state index contributed by atoms with van der Waals surface area (Å²) in [4.78, 5) is 55.9. The van der Waals surface area contributed by atoms with Gasteiger partial charge in [0.05, 0.1) is 24.3 Å². The number of ether oxygens (including phenoxy) is 3. The van der Waals surface area contributed by atoms with Gasteiger partial charge in [-0.3, -0.25) is 0 Å². The Bertz CT molecular complexity index is 2440. The SMILES string of the molecule is CCOC(=O)c1cnc(CC2(c3cccc(C4=CCN(C(=O)OCc5ccccc5)CC4)c3)CCC2)nc1.CCOC(=O)c1cnc(CC2(c3cccc(C4CCNCC4)c3)CCC2)nc1. The molecular formula is C54H62N6O6. The van der Waals surface area contributed by atoms with Crippen molar-refractivity contribution in [3.63, 3.8) is 0 Å². The maximum Gasteiger partial charge on any atom is 0.410 e. The molecule has 3 fully saturated rings. The molecule has 0 atom stereocenters. The molecule has 1 saturated heterocycles. The van der Waals surface area contributed by atoms with Crippen LogP contribution in [0.2, 0.25) is 0 Å². The summed E-state index contributed by atoms with van der Waals surface area (Å²) in [7, 11) is 0. The van der Waals surface area contributed by atoms with Crippen molar-refractivity contribution in [2.24, 2.45) is 0 Å². The second kappa shape index (κ2) is 21.8. The van der Waals surface area contributed by atoms with Gasteiger partial charge in [-0.05, 0) is 111 Å². The first-order valence-electron chi connectivity index (χ1n) is 23.8. The molecule has 0 radical (unpaired) electrons. The molecule has 1 amide bonds. The van der Waals surface area contributed by atoms with Gasteiger partial charge in [0.2, 0.25) is 0 Å². The summed E-state index contributed by atoms with van der Waals surface area (Å²) < 4.78 is 15.6. The van der Waals surface area contributed by atoms with Gasteiger partial charge in [0.25, 0.3) is 0 Å². The maximum absolute atomic E-state index is 12.5. The zero-order valence-electron chi connectivity index (χ0n) is 38.4. The van der Waals surface area contributed by atoms with Crippen LogP contribution in [0.25, 0.3) is 5.57 Å². The Balaban J connectivity index is 0.000000188. The molecular weight excluding hydrogens is 829 g/mol. The first kappa shape index (κ1) is 46.3. The predicted octanol–water partition coefficient (Wildman–Crippen LogP) is 9.53. The molecule has 66 heavy (non-hydrogen) atoms. The van der Waals surface area contributed by atoms with E-state index in [0.29, 0.717) is 43.3 Å². The predicted molar refractivity (Wildman–Crippen MR) is 253 cm³/mol. The molecule has 4 heterocycles. The summed E-state index contributed by atoms with van der Waals surface area (Å²) >= 11 is 0. The van der Waals surface area contributed by atoms with Crippen molar-refractivity contribution in [3.8, 4) is 0 Å². The van der Waals surface area contributed by atoms with Crippen molar-refractivity contribution < 1.29 is 28.6 Å². The number of esters is 2. The molecule has 5 aromatic rings. The number of rotatable bonds is 14. The lowest BCUT2D eigenvalue weighted by atomic mass is 9.62. The summed E-state index contributed by atoms with van der Waals surface area (Å²) in [5.41, 5.74) is 8.56. The van der Waals surface area contributed by atoms with Gasteiger partial charge in [-0.25, -0.2) is 34.3 Å². The highest BCUT2D eigenvalue weighted by molar-refractivity contribution is 5.89. The zero-order chi connectivity index (χ0) is 45.8. The van der Waals surface area contributed by atoms with Gasteiger partial charge >= 0.3 is 18.0 Å². The number of carbonyl (C=O) groups excluding carboxylic acids is 3. The van der Waals surface area contributed by atoms with Crippen LogP contribution in [0.1, 0.15) is 138 Å². The number of piperidine rings is 1. The van der Waals surface area contributed by atoms with Crippen molar-refractivity contribution in [1.82, 2.24) is 30.2 Å². The van der Waals surface area contributed by atoms with E-state index in [1.807, 2.05) is 30.3 Å². The molecule has 2 aliphatic heterocycles. The second-order valence-corrected chi connectivity index (χ2v) is 18.0. The minimum atomic E-state index is -0.395. The van der Waals surface area contributed by atoms with Crippen molar-refractivity contribution in [2.45, 2.75) is 108 Å². The second-order valence-electron chi connectivity index (χ2n) is 18.0. The topological polar surface area (TPSA) is 146 Å². The third-order valence-corrected chi connectivity index (χ3v) is 13.9. The number of carbonyl (C=O) groups is 3. The minimum absolute atomic E-state index is 0.00393. The van der Waals surface area contributed by atoms with E-state index < -0.39 is 5.97 Å². The highest BCUT2D eigenvalue weighted by atomic mass is 16.6. The van der Waals surface area contributed by atoms with Gasteiger partial charge in [0, 0.05) is 61.5 Å². The molecule has 12 nitrogen and oxygen atoms in total. The Labute approximate surface area is 388 Å². The largest absolute Gasteiger partial charge is 0.462 e. The molecule has 0 bridgehead atoms. The van der Waals surface area contributed by atoms with Crippen LogP contribution in [-0.4, -0.2) is 82.3 Å². The number of nitrogens with zero attached hydrogens (tertiary/aromatic N) is 5. The molecule has 2 aromatic heterocycles. The molecule has 0 spiro atoms. The van der Waals surface area contributed by atoms with Gasteiger partial charge < -0.3 is 24.4 Å². The number of aromatic nitrogens is 4. The Hall–Kier alpha value is -6.27. The average molecular weight is 891 g/mol. The van der Waals surface area contributed by atoms with Crippen molar-refractivity contribution in [3.05, 3.63) is 160 Å². The fourth-order valence-corrected chi connectivity index (χ4v) is 9.71. The monoisotopic (exact) mass is 890 g/mol. The van der Waals surface area contributed by atoms with Crippen LogP contribution in [0.4, 0.5) is 4.79 Å². The lowest BCUT2D eigenvalue weighted by Gasteiger charge is -2.42. The summed E-state index contributed by atoms with van der Waals surface area (Å²) in [6.07, 6.45) is 19.9. The summed E-state index contributed by atoms with van der Waals surface area (Å²) in [6.45, 7) is 7.94. The third-order valence-electron chi connectivity index (χ3n) is 13.9. The standard InChI is InChI=1S/C31H33N3O4.C23H29N3O2/c1-2-37-29(35)26-20-32-28(33-21-26)19-31(14-7-15-31)27-11-6-10-25(18-27)24-12-16-34(17-13-24)30(36)38-22-23-8-4-3-5-9-23;1-2-28-22(27)19-15-25-21(26-16-19)14-23(9-4-10-23)20-6-3-5-18(13-20)17-7-11-24-12-8-17/h3-6,8-12,18,20-21H,2,7,13-17,19,22H2,1H3;3,5-6,13,15-17,24H,2,4,7-12,14H2,1H3. The lowest BCUT2D eigenvalue weighted by Crippen LogP contribution is -2.37. The van der Waals surface area contributed by atoms with Crippen molar-refractivity contribution >= 4 is 23.6 Å². The highest BCUT2D eigenvalue weighted by Gasteiger charge is 2.41. The summed E-state index contributed by atoms with van der Waals surface area (Å²) in [5.74, 6) is 1.46. The van der Waals surface area contributed by atoms with E-state index in [0.717, 1.165) is 62.4 Å². The van der Waals surface area contributed by atoms with Gasteiger partial charge in [0.15, 0.2) is 0 Å². The van der Waals surface area contributed by atoms with Crippen LogP contribution >= 0.6 is 0 Å². The maximum atomic E-state index is 12.5. The first-order chi connectivity index (χ1) is 32.3. The van der Waals surface area contributed by atoms with Gasteiger partial charge in [-0.1, -0.05) is 97.8 Å². The highest BCUT2D eigenvalue weighted by Crippen LogP contribution is 2.48. The number of hydrogen-bond donors (Lipinski definition) is 1. The quantitative estimate of drug-likeness (QED) is 0.0841. The van der Waals surface area contributed by atoms with E-state index in [4.69, 9.17) is 14.2 Å². The van der Waals surface area contributed by atoms with Crippen LogP contribution in [0.15, 0.2) is 110 Å². The Kier molecular flexibility index (Phi) is 15.3. The summed E-state index contributed by atoms with van der Waals surface area (Å²) in [5, 5.41) is 3.46. The first-order valence-corrected chi connectivity index (χ1v) is 23.8. The Morgan fingerprint density at radius 3 is 1.76 bits per heavy atom. The van der Waals surface area contributed by atoms with E-state index in [9.17, 15) is 14.4 Å². The number of benzene rings is 3. The van der Waals surface area contributed by atoms with E-state index in [1.54, 1.807) is 43.5 Å². The van der Waals surface area contributed by atoms with Crippen LogP contribution in [0.5, 0.6) is 0 Å². The number of nitrogens with one attached hydrogen (secondary N) is 1. The van der Waals surface area contributed by atoms with Crippen LogP contribution in [0.3, 0.4) is 0 Å². The Morgan fingerprint density at radius 1 is 0.682 bits per heavy atom. The molecule has 3 aromatic carbocycles. The molecule has 12 heteroatoms. The molecule has 9 rings (SSSR count). The average Bonchev–Trinajstić information content (AvgIpc) is 3.34. The minimum Gasteiger partial charge on any atom is -0.462 e. The molecule has 2 saturated carbocycles. The molecule has 4 aliphatic rings. The van der Waals surface area contributed by atoms with Crippen LogP contribution in [0, 0.1) is 0 Å². The molecule has 0 unspecified atom stereocenters. The molecule has 344 valence electrons. The van der Waals surface area contributed by atoms with Gasteiger partial charge in [-0.2, -0.15) is 0 Å². The van der Waals surface area contributed by atoms with Crippen molar-refractivity contribution in [2.75, 3.05) is 39.4 Å². The molecule has 1 N–H and O–H groups in total. The third kappa shape index (κ3) is 11.2. The lowest BCUT2D eigenvalue weighted by molar-refractivity contribution is 0.0515. The van der Waals surface area contributed by atoms with Gasteiger partial charge in [0.1, 0.15) is 18.3 Å². The van der Waals surface area contributed by atoms with Crippen LogP contribution in [-0.2, 0) is 44.5 Å². The van der Waals surface area contributed by atoms with Crippen LogP contribution < -0.4 is 5.32 Å². The fraction of sp³-hybridized carbons (Fsp3) is 0.426. The van der Waals surface area contributed by atoms with Gasteiger partial charge in [-0.15, -0.1) is 0 Å². The van der Waals surface area contributed by atoms with E-state index in [1.165, 1.54) is 66.4 Å². The Morgan fingerprint density at radius 2 is 1.24 bits per heavy atom.